The minimum Gasteiger partial charge on any atom is -0.507 e. The van der Waals surface area contributed by atoms with Gasteiger partial charge in [-0.15, -0.1) is 0 Å². The number of nitrogens with one attached hydrogen (secondary N) is 1. The highest BCUT2D eigenvalue weighted by Gasteiger charge is 2.41. The summed E-state index contributed by atoms with van der Waals surface area (Å²) in [5.41, 5.74) is 6.05. The van der Waals surface area contributed by atoms with Crippen molar-refractivity contribution in [3.8, 4) is 5.75 Å². The summed E-state index contributed by atoms with van der Waals surface area (Å²) >= 11 is 6.15. The van der Waals surface area contributed by atoms with E-state index in [2.05, 4.69) is 54.1 Å². The number of piperazine rings is 1. The van der Waals surface area contributed by atoms with E-state index in [4.69, 9.17) is 11.6 Å². The van der Waals surface area contributed by atoms with Crippen LogP contribution in [-0.4, -0.2) is 49.3 Å². The molecule has 4 nitrogen and oxygen atoms in total. The molecule has 2 N–H and O–H groups in total. The highest BCUT2D eigenvalue weighted by atomic mass is 35.5. The summed E-state index contributed by atoms with van der Waals surface area (Å²) in [5.74, 6) is 0.480. The fourth-order valence-electron chi connectivity index (χ4n) is 5.19. The molecule has 1 unspecified atom stereocenters. The van der Waals surface area contributed by atoms with Crippen molar-refractivity contribution in [1.29, 1.82) is 0 Å². The Morgan fingerprint density at radius 2 is 1.83 bits per heavy atom. The molecular weight excluding hydrogens is 394 g/mol. The summed E-state index contributed by atoms with van der Waals surface area (Å²) in [7, 11) is 0. The topological polar surface area (TPSA) is 38.7 Å². The maximum absolute atomic E-state index is 10.8. The molecule has 0 amide bonds. The van der Waals surface area contributed by atoms with E-state index in [1.165, 1.54) is 16.8 Å². The van der Waals surface area contributed by atoms with Crippen molar-refractivity contribution in [1.82, 2.24) is 10.2 Å². The van der Waals surface area contributed by atoms with Crippen LogP contribution in [0.15, 0.2) is 30.3 Å². The number of rotatable bonds is 5. The van der Waals surface area contributed by atoms with Crippen LogP contribution in [0, 0.1) is 19.3 Å². The third-order valence-electron chi connectivity index (χ3n) is 6.89. The van der Waals surface area contributed by atoms with Gasteiger partial charge in [0.15, 0.2) is 0 Å². The van der Waals surface area contributed by atoms with Crippen LogP contribution in [0.25, 0.3) is 0 Å². The van der Waals surface area contributed by atoms with Crippen LogP contribution in [0.3, 0.4) is 0 Å². The van der Waals surface area contributed by atoms with Gasteiger partial charge in [0, 0.05) is 61.6 Å². The number of halogens is 1. The van der Waals surface area contributed by atoms with E-state index in [0.29, 0.717) is 5.75 Å². The molecule has 1 heterocycles. The number of nitrogens with zero attached hydrogens (tertiary/aromatic N) is 2. The van der Waals surface area contributed by atoms with E-state index in [1.54, 1.807) is 0 Å². The second-order valence-corrected chi connectivity index (χ2v) is 10.0. The molecule has 1 saturated heterocycles. The molecule has 2 aromatic rings. The summed E-state index contributed by atoms with van der Waals surface area (Å²) in [5, 5.41) is 15.4. The Balaban J connectivity index is 1.34. The Morgan fingerprint density at radius 1 is 1.10 bits per heavy atom. The zero-order chi connectivity index (χ0) is 21.5. The lowest BCUT2D eigenvalue weighted by Crippen LogP contribution is -2.48. The lowest BCUT2D eigenvalue weighted by atomic mass is 9.85. The van der Waals surface area contributed by atoms with Crippen LogP contribution in [0.5, 0.6) is 5.75 Å². The van der Waals surface area contributed by atoms with Crippen LogP contribution >= 0.6 is 11.6 Å². The molecule has 30 heavy (non-hydrogen) atoms. The third-order valence-corrected chi connectivity index (χ3v) is 7.12. The standard InChI is InChI=1S/C25H34ClN3O/c1-17-14-18(2)23(30)22-21(17)16-25(3,4)24(22)27-8-9-28-10-12-29(13-11-28)20-7-5-6-19(26)15-20/h5-7,14-15,24,27,30H,8-13,16H2,1-4H3. The molecule has 0 spiro atoms. The smallest absolute Gasteiger partial charge is 0.123 e. The lowest BCUT2D eigenvalue weighted by molar-refractivity contribution is 0.226. The molecule has 0 radical (unpaired) electrons. The highest BCUT2D eigenvalue weighted by molar-refractivity contribution is 6.30. The number of aryl methyl sites for hydroxylation is 2. The van der Waals surface area contributed by atoms with Crippen molar-refractivity contribution in [2.45, 2.75) is 40.2 Å². The van der Waals surface area contributed by atoms with Gasteiger partial charge in [-0.2, -0.15) is 0 Å². The van der Waals surface area contributed by atoms with Crippen LogP contribution in [0.4, 0.5) is 5.69 Å². The summed E-state index contributed by atoms with van der Waals surface area (Å²) in [6.07, 6.45) is 1.01. The average Bonchev–Trinajstić information content (AvgIpc) is 2.98. The van der Waals surface area contributed by atoms with E-state index in [0.717, 1.165) is 61.8 Å². The van der Waals surface area contributed by atoms with Gasteiger partial charge in [0.05, 0.1) is 0 Å². The Labute approximate surface area is 185 Å². The minimum absolute atomic E-state index is 0.101. The normalized spacial score (nSPS) is 21.1. The fourth-order valence-corrected chi connectivity index (χ4v) is 5.37. The van der Waals surface area contributed by atoms with Crippen LogP contribution < -0.4 is 10.2 Å². The molecule has 0 aromatic heterocycles. The Morgan fingerprint density at radius 3 is 2.53 bits per heavy atom. The molecule has 0 bridgehead atoms. The molecule has 2 aromatic carbocycles. The van der Waals surface area contributed by atoms with Crippen molar-refractivity contribution in [3.05, 3.63) is 57.6 Å². The van der Waals surface area contributed by atoms with E-state index in [-0.39, 0.29) is 11.5 Å². The van der Waals surface area contributed by atoms with Crippen molar-refractivity contribution < 1.29 is 5.11 Å². The first-order valence-electron chi connectivity index (χ1n) is 11.0. The Bertz CT molecular complexity index is 919. The Kier molecular flexibility index (Phi) is 6.02. The van der Waals surface area contributed by atoms with Crippen LogP contribution in [0.1, 0.15) is 42.1 Å². The second kappa shape index (κ2) is 8.41. The average molecular weight is 428 g/mol. The summed E-state index contributed by atoms with van der Waals surface area (Å²) < 4.78 is 0. The molecule has 4 rings (SSSR count). The van der Waals surface area contributed by atoms with Gasteiger partial charge in [0.1, 0.15) is 5.75 Å². The minimum atomic E-state index is 0.101. The van der Waals surface area contributed by atoms with Gasteiger partial charge in [-0.1, -0.05) is 37.6 Å². The summed E-state index contributed by atoms with van der Waals surface area (Å²) in [6, 6.07) is 10.4. The van der Waals surface area contributed by atoms with Gasteiger partial charge in [0.25, 0.3) is 0 Å². The first kappa shape index (κ1) is 21.5. The fraction of sp³-hybridized carbons (Fsp3) is 0.520. The lowest BCUT2D eigenvalue weighted by Gasteiger charge is -2.37. The maximum atomic E-state index is 10.8. The predicted octanol–water partition coefficient (Wildman–Crippen LogP) is 4.70. The zero-order valence-electron chi connectivity index (χ0n) is 18.6. The molecule has 1 aliphatic heterocycles. The highest BCUT2D eigenvalue weighted by Crippen LogP contribution is 2.50. The van der Waals surface area contributed by atoms with Gasteiger partial charge < -0.3 is 15.3 Å². The number of benzene rings is 2. The van der Waals surface area contributed by atoms with E-state index < -0.39 is 0 Å². The van der Waals surface area contributed by atoms with Gasteiger partial charge in [-0.25, -0.2) is 0 Å². The third kappa shape index (κ3) is 4.18. The van der Waals surface area contributed by atoms with E-state index in [9.17, 15) is 5.11 Å². The van der Waals surface area contributed by atoms with Gasteiger partial charge in [-0.3, -0.25) is 4.90 Å². The molecule has 1 fully saturated rings. The molecule has 5 heteroatoms. The summed E-state index contributed by atoms with van der Waals surface area (Å²) in [4.78, 5) is 4.94. The Hall–Kier alpha value is -1.75. The van der Waals surface area contributed by atoms with E-state index >= 15 is 0 Å². The number of hydrogen-bond donors (Lipinski definition) is 2. The second-order valence-electron chi connectivity index (χ2n) is 9.61. The number of phenolic OH excluding ortho intramolecular Hbond substituents is 1. The van der Waals surface area contributed by atoms with Crippen LogP contribution in [-0.2, 0) is 6.42 Å². The number of phenols is 1. The first-order valence-corrected chi connectivity index (χ1v) is 11.4. The maximum Gasteiger partial charge on any atom is 0.123 e. The van der Waals surface area contributed by atoms with Crippen molar-refractivity contribution in [2.24, 2.45) is 5.41 Å². The molecule has 1 aliphatic carbocycles. The quantitative estimate of drug-likeness (QED) is 0.725. The molecule has 1 atom stereocenters. The summed E-state index contributed by atoms with van der Waals surface area (Å²) in [6.45, 7) is 14.9. The van der Waals surface area contributed by atoms with Crippen molar-refractivity contribution in [2.75, 3.05) is 44.2 Å². The predicted molar refractivity (Wildman–Crippen MR) is 126 cm³/mol. The number of anilines is 1. The molecular formula is C25H34ClN3O. The molecule has 2 aliphatic rings. The molecule has 162 valence electrons. The van der Waals surface area contributed by atoms with Gasteiger partial charge >= 0.3 is 0 Å². The molecule has 0 saturated carbocycles. The van der Waals surface area contributed by atoms with Crippen molar-refractivity contribution in [3.63, 3.8) is 0 Å². The number of hydrogen-bond acceptors (Lipinski definition) is 4. The van der Waals surface area contributed by atoms with Gasteiger partial charge in [0.2, 0.25) is 0 Å². The van der Waals surface area contributed by atoms with Crippen LogP contribution in [0.2, 0.25) is 5.02 Å². The number of aromatic hydroxyl groups is 1. The largest absolute Gasteiger partial charge is 0.507 e. The number of fused-ring (bicyclic) bond motifs is 1. The van der Waals surface area contributed by atoms with Gasteiger partial charge in [-0.05, 0) is 60.6 Å². The SMILES string of the molecule is Cc1cc(C)c2c(c1O)C(NCCN1CCN(c3cccc(Cl)c3)CC1)C(C)(C)C2. The van der Waals surface area contributed by atoms with E-state index in [1.807, 2.05) is 19.1 Å². The zero-order valence-corrected chi connectivity index (χ0v) is 19.4. The van der Waals surface area contributed by atoms with Crippen molar-refractivity contribution >= 4 is 17.3 Å². The monoisotopic (exact) mass is 427 g/mol. The first-order chi connectivity index (χ1) is 14.3.